The van der Waals surface area contributed by atoms with Crippen LogP contribution in [0.2, 0.25) is 0 Å². The number of thiazole rings is 1. The number of carbonyl (C=O) groups is 1. The second-order valence-electron chi connectivity index (χ2n) is 5.12. The molecular formula is C17H22N2O3S. The first-order valence-electron chi connectivity index (χ1n) is 7.53. The molecule has 0 aliphatic heterocycles. The van der Waals surface area contributed by atoms with Crippen LogP contribution < -0.4 is 10.1 Å². The molecule has 1 N–H and O–H groups in total. The van der Waals surface area contributed by atoms with Gasteiger partial charge < -0.3 is 14.8 Å². The minimum Gasteiger partial charge on any atom is -0.497 e. The zero-order valence-corrected chi connectivity index (χ0v) is 14.3. The lowest BCUT2D eigenvalue weighted by atomic mass is 10.1. The smallest absolute Gasteiger partial charge is 0.220 e. The standard InChI is InChI=1S/C17H22N2O3S/c1-21-11-17-19-14(12-23-17)8-9-18-16(20)7-6-13-4-3-5-15(10-13)22-2/h3-5,10,12H,6-9,11H2,1-2H3,(H,18,20). The molecule has 0 fully saturated rings. The Kier molecular flexibility index (Phi) is 7.03. The molecule has 2 rings (SSSR count). The van der Waals surface area contributed by atoms with E-state index in [2.05, 4.69) is 10.3 Å². The lowest BCUT2D eigenvalue weighted by molar-refractivity contribution is -0.121. The van der Waals surface area contributed by atoms with Gasteiger partial charge in [0.15, 0.2) is 0 Å². The Morgan fingerprint density at radius 1 is 1.30 bits per heavy atom. The fraction of sp³-hybridized carbons (Fsp3) is 0.412. The lowest BCUT2D eigenvalue weighted by Crippen LogP contribution is -2.25. The first kappa shape index (κ1) is 17.4. The Balaban J connectivity index is 1.68. The highest BCUT2D eigenvalue weighted by Gasteiger charge is 2.05. The maximum Gasteiger partial charge on any atom is 0.220 e. The number of carbonyl (C=O) groups excluding carboxylic acids is 1. The van der Waals surface area contributed by atoms with Gasteiger partial charge in [0.1, 0.15) is 10.8 Å². The summed E-state index contributed by atoms with van der Waals surface area (Å²) in [4.78, 5) is 16.3. The summed E-state index contributed by atoms with van der Waals surface area (Å²) < 4.78 is 10.2. The summed E-state index contributed by atoms with van der Waals surface area (Å²) in [6.45, 7) is 1.14. The first-order chi connectivity index (χ1) is 11.2. The molecule has 1 aromatic heterocycles. The molecule has 0 radical (unpaired) electrons. The molecule has 1 aromatic carbocycles. The number of amides is 1. The number of ether oxygens (including phenoxy) is 2. The first-order valence-corrected chi connectivity index (χ1v) is 8.41. The van der Waals surface area contributed by atoms with Crippen molar-refractivity contribution >= 4 is 17.2 Å². The predicted molar refractivity (Wildman–Crippen MR) is 90.9 cm³/mol. The second-order valence-corrected chi connectivity index (χ2v) is 6.06. The van der Waals surface area contributed by atoms with Gasteiger partial charge in [0, 0.05) is 31.9 Å². The molecule has 0 unspecified atom stereocenters. The maximum atomic E-state index is 11.9. The van der Waals surface area contributed by atoms with Crippen molar-refractivity contribution in [2.24, 2.45) is 0 Å². The van der Waals surface area contributed by atoms with E-state index >= 15 is 0 Å². The summed E-state index contributed by atoms with van der Waals surface area (Å²) in [6.07, 6.45) is 1.92. The Hall–Kier alpha value is -1.92. The monoisotopic (exact) mass is 334 g/mol. The highest BCUT2D eigenvalue weighted by molar-refractivity contribution is 7.09. The highest BCUT2D eigenvalue weighted by atomic mass is 32.1. The van der Waals surface area contributed by atoms with Crippen LogP contribution in [-0.2, 0) is 29.0 Å². The molecule has 0 atom stereocenters. The van der Waals surface area contributed by atoms with Crippen LogP contribution in [-0.4, -0.2) is 31.7 Å². The molecule has 0 saturated carbocycles. The molecule has 0 aliphatic rings. The lowest BCUT2D eigenvalue weighted by Gasteiger charge is -2.06. The number of methoxy groups -OCH3 is 2. The van der Waals surface area contributed by atoms with Crippen LogP contribution in [0.4, 0.5) is 0 Å². The van der Waals surface area contributed by atoms with Gasteiger partial charge in [-0.15, -0.1) is 11.3 Å². The molecule has 5 nitrogen and oxygen atoms in total. The highest BCUT2D eigenvalue weighted by Crippen LogP contribution is 2.14. The molecule has 0 spiro atoms. The van der Waals surface area contributed by atoms with E-state index in [1.54, 1.807) is 25.6 Å². The molecule has 23 heavy (non-hydrogen) atoms. The topological polar surface area (TPSA) is 60.5 Å². The minimum absolute atomic E-state index is 0.0557. The maximum absolute atomic E-state index is 11.9. The number of nitrogens with zero attached hydrogens (tertiary/aromatic N) is 1. The second kappa shape index (κ2) is 9.27. The number of rotatable bonds is 9. The summed E-state index contributed by atoms with van der Waals surface area (Å²) in [7, 11) is 3.30. The van der Waals surface area contributed by atoms with Crippen LogP contribution in [0.15, 0.2) is 29.6 Å². The fourth-order valence-electron chi connectivity index (χ4n) is 2.16. The Bertz CT molecular complexity index is 628. The van der Waals surface area contributed by atoms with Crippen LogP contribution in [0.3, 0.4) is 0 Å². The third-order valence-electron chi connectivity index (χ3n) is 3.35. The molecule has 1 amide bonds. The molecule has 0 saturated heterocycles. The van der Waals surface area contributed by atoms with E-state index < -0.39 is 0 Å². The third-order valence-corrected chi connectivity index (χ3v) is 4.22. The van der Waals surface area contributed by atoms with Crippen molar-refractivity contribution in [1.82, 2.24) is 10.3 Å². The van der Waals surface area contributed by atoms with Gasteiger partial charge in [-0.3, -0.25) is 4.79 Å². The summed E-state index contributed by atoms with van der Waals surface area (Å²) in [5.74, 6) is 0.874. The van der Waals surface area contributed by atoms with Crippen molar-refractivity contribution in [3.05, 3.63) is 45.9 Å². The molecule has 6 heteroatoms. The van der Waals surface area contributed by atoms with E-state index in [0.29, 0.717) is 26.0 Å². The van der Waals surface area contributed by atoms with Gasteiger partial charge in [-0.25, -0.2) is 4.98 Å². The van der Waals surface area contributed by atoms with Crippen molar-refractivity contribution in [1.29, 1.82) is 0 Å². The molecule has 1 heterocycles. The number of benzene rings is 1. The van der Waals surface area contributed by atoms with E-state index in [-0.39, 0.29) is 5.91 Å². The van der Waals surface area contributed by atoms with E-state index in [4.69, 9.17) is 9.47 Å². The fourth-order valence-corrected chi connectivity index (χ4v) is 2.96. The minimum atomic E-state index is 0.0557. The van der Waals surface area contributed by atoms with E-state index in [1.807, 2.05) is 29.6 Å². The summed E-state index contributed by atoms with van der Waals surface area (Å²) in [5, 5.41) is 5.91. The van der Waals surface area contributed by atoms with Crippen molar-refractivity contribution < 1.29 is 14.3 Å². The molecule has 124 valence electrons. The average molecular weight is 334 g/mol. The van der Waals surface area contributed by atoms with Gasteiger partial charge >= 0.3 is 0 Å². The van der Waals surface area contributed by atoms with Gasteiger partial charge in [-0.1, -0.05) is 12.1 Å². The number of aryl methyl sites for hydroxylation is 1. The van der Waals surface area contributed by atoms with Crippen molar-refractivity contribution in [2.75, 3.05) is 20.8 Å². The third kappa shape index (κ3) is 6.00. The number of hydrogen-bond donors (Lipinski definition) is 1. The SMILES string of the molecule is COCc1nc(CCNC(=O)CCc2cccc(OC)c2)cs1. The Morgan fingerprint density at radius 2 is 2.17 bits per heavy atom. The van der Waals surface area contributed by atoms with Gasteiger partial charge in [-0.2, -0.15) is 0 Å². The van der Waals surface area contributed by atoms with Crippen LogP contribution in [0, 0.1) is 0 Å². The number of aromatic nitrogens is 1. The van der Waals surface area contributed by atoms with Gasteiger partial charge in [0.2, 0.25) is 5.91 Å². The van der Waals surface area contributed by atoms with Gasteiger partial charge in [-0.05, 0) is 24.1 Å². The quantitative estimate of drug-likeness (QED) is 0.766. The zero-order chi connectivity index (χ0) is 16.5. The normalized spacial score (nSPS) is 10.5. The largest absolute Gasteiger partial charge is 0.497 e. The van der Waals surface area contributed by atoms with Crippen molar-refractivity contribution in [2.45, 2.75) is 25.9 Å². The van der Waals surface area contributed by atoms with Crippen LogP contribution in [0.25, 0.3) is 0 Å². The van der Waals surface area contributed by atoms with Crippen LogP contribution in [0.1, 0.15) is 22.7 Å². The van der Waals surface area contributed by atoms with Crippen molar-refractivity contribution in [3.63, 3.8) is 0 Å². The van der Waals surface area contributed by atoms with E-state index in [9.17, 15) is 4.79 Å². The molecular weight excluding hydrogens is 312 g/mol. The van der Waals surface area contributed by atoms with Crippen LogP contribution in [0.5, 0.6) is 5.75 Å². The summed E-state index contributed by atoms with van der Waals surface area (Å²) >= 11 is 1.58. The van der Waals surface area contributed by atoms with E-state index in [0.717, 1.165) is 28.4 Å². The average Bonchev–Trinajstić information content (AvgIpc) is 3.01. The van der Waals surface area contributed by atoms with Gasteiger partial charge in [0.05, 0.1) is 19.4 Å². The Morgan fingerprint density at radius 3 is 2.96 bits per heavy atom. The molecule has 2 aromatic rings. The molecule has 0 aliphatic carbocycles. The van der Waals surface area contributed by atoms with Crippen LogP contribution >= 0.6 is 11.3 Å². The summed E-state index contributed by atoms with van der Waals surface area (Å²) in [6, 6.07) is 7.80. The number of nitrogens with one attached hydrogen (secondary N) is 1. The molecule has 0 bridgehead atoms. The number of hydrogen-bond acceptors (Lipinski definition) is 5. The predicted octanol–water partition coefficient (Wildman–Crippen LogP) is 2.59. The van der Waals surface area contributed by atoms with Crippen molar-refractivity contribution in [3.8, 4) is 5.75 Å². The zero-order valence-electron chi connectivity index (χ0n) is 13.5. The van der Waals surface area contributed by atoms with E-state index in [1.165, 1.54) is 0 Å². The summed E-state index contributed by atoms with van der Waals surface area (Å²) in [5.41, 5.74) is 2.10. The van der Waals surface area contributed by atoms with Gasteiger partial charge in [0.25, 0.3) is 0 Å². The Labute approximate surface area is 140 Å².